The number of carbonyl (C=O) groups excluding carboxylic acids is 3. The average molecular weight is 450 g/mol. The first-order chi connectivity index (χ1) is 14.8. The van der Waals surface area contributed by atoms with Gasteiger partial charge in [-0.1, -0.05) is 35.9 Å². The maximum Gasteiger partial charge on any atom is 0.307 e. The smallest absolute Gasteiger partial charge is 0.307 e. The highest BCUT2D eigenvalue weighted by Crippen LogP contribution is 2.29. The van der Waals surface area contributed by atoms with E-state index in [2.05, 4.69) is 10.1 Å². The summed E-state index contributed by atoms with van der Waals surface area (Å²) in [6.45, 7) is 1.95. The Labute approximate surface area is 185 Å². The zero-order valence-corrected chi connectivity index (χ0v) is 18.2. The fraction of sp³-hybridized carbons (Fsp3) is 0.348. The van der Waals surface area contributed by atoms with Crippen LogP contribution in [0.1, 0.15) is 31.7 Å². The van der Waals surface area contributed by atoms with Crippen molar-refractivity contribution in [3.63, 3.8) is 0 Å². The van der Waals surface area contributed by atoms with E-state index in [-0.39, 0.29) is 37.6 Å². The van der Waals surface area contributed by atoms with Crippen molar-refractivity contribution in [1.29, 1.82) is 0 Å². The van der Waals surface area contributed by atoms with E-state index in [1.54, 1.807) is 19.1 Å². The number of ether oxygens (including phenoxy) is 2. The molecule has 2 aromatic carbocycles. The Kier molecular flexibility index (Phi) is 9.46. The summed E-state index contributed by atoms with van der Waals surface area (Å²) in [4.78, 5) is 35.4. The molecule has 0 spiro atoms. The molecule has 0 radical (unpaired) electrons. The molecule has 0 aliphatic rings. The fourth-order valence-corrected chi connectivity index (χ4v) is 3.26. The van der Waals surface area contributed by atoms with Crippen molar-refractivity contribution in [2.45, 2.75) is 38.6 Å². The maximum absolute atomic E-state index is 13.6. The van der Waals surface area contributed by atoms with Gasteiger partial charge in [-0.25, -0.2) is 4.39 Å². The molecule has 8 heteroatoms. The Bertz CT molecular complexity index is 917. The highest BCUT2D eigenvalue weighted by molar-refractivity contribution is 6.33. The van der Waals surface area contributed by atoms with Crippen molar-refractivity contribution in [2.75, 3.05) is 13.7 Å². The van der Waals surface area contributed by atoms with Crippen LogP contribution in [0.25, 0.3) is 11.1 Å². The first kappa shape index (κ1) is 24.3. The summed E-state index contributed by atoms with van der Waals surface area (Å²) in [6, 6.07) is 10.9. The van der Waals surface area contributed by atoms with Gasteiger partial charge in [0.15, 0.2) is 0 Å². The molecule has 2 rings (SSSR count). The zero-order chi connectivity index (χ0) is 22.8. The summed E-state index contributed by atoms with van der Waals surface area (Å²) in [7, 11) is 1.25. The maximum atomic E-state index is 13.6. The van der Waals surface area contributed by atoms with Crippen LogP contribution in [0.5, 0.6) is 0 Å². The Balaban J connectivity index is 2.09. The fourth-order valence-electron chi connectivity index (χ4n) is 3.04. The van der Waals surface area contributed by atoms with Gasteiger partial charge in [0.25, 0.3) is 0 Å². The van der Waals surface area contributed by atoms with Gasteiger partial charge in [-0.2, -0.15) is 0 Å². The minimum absolute atomic E-state index is 0.00468. The third kappa shape index (κ3) is 8.02. The van der Waals surface area contributed by atoms with Gasteiger partial charge in [-0.3, -0.25) is 14.4 Å². The summed E-state index contributed by atoms with van der Waals surface area (Å²) in [5.41, 5.74) is 2.18. The molecule has 0 fully saturated rings. The molecule has 1 N–H and O–H groups in total. The normalized spacial score (nSPS) is 11.5. The van der Waals surface area contributed by atoms with Crippen LogP contribution in [0.2, 0.25) is 5.02 Å². The molecular weight excluding hydrogens is 425 g/mol. The third-order valence-corrected chi connectivity index (χ3v) is 4.87. The van der Waals surface area contributed by atoms with E-state index in [4.69, 9.17) is 16.3 Å². The van der Waals surface area contributed by atoms with Gasteiger partial charge in [-0.05, 0) is 42.7 Å². The number of hydrogen-bond donors (Lipinski definition) is 1. The number of halogens is 2. The van der Waals surface area contributed by atoms with Gasteiger partial charge < -0.3 is 14.8 Å². The number of esters is 2. The standard InChI is InChI=1S/C23H25ClFNO5/c1-3-31-23(29)14-18(26-21(27)10-11-22(28)30-2)12-15-4-6-16(7-5-15)19-13-17(25)8-9-20(19)24/h4-9,13,18H,3,10-12,14H2,1-2H3,(H,26,27)/t18-/m1/s1. The summed E-state index contributed by atoms with van der Waals surface area (Å²) in [5, 5.41) is 3.22. The number of amides is 1. The number of benzene rings is 2. The Hall–Kier alpha value is -2.93. The van der Waals surface area contributed by atoms with Crippen molar-refractivity contribution in [3.05, 3.63) is 58.9 Å². The second kappa shape index (κ2) is 12.1. The molecule has 6 nitrogen and oxygen atoms in total. The number of hydrogen-bond acceptors (Lipinski definition) is 5. The molecule has 0 heterocycles. The molecule has 0 aliphatic heterocycles. The second-order valence-electron chi connectivity index (χ2n) is 6.87. The SMILES string of the molecule is CCOC(=O)C[C@@H](Cc1ccc(-c2cc(F)ccc2Cl)cc1)NC(=O)CCC(=O)OC. The first-order valence-electron chi connectivity index (χ1n) is 9.88. The van der Waals surface area contributed by atoms with Crippen LogP contribution < -0.4 is 5.32 Å². The number of methoxy groups -OCH3 is 1. The van der Waals surface area contributed by atoms with Crippen molar-refractivity contribution in [2.24, 2.45) is 0 Å². The zero-order valence-electron chi connectivity index (χ0n) is 17.5. The van der Waals surface area contributed by atoms with E-state index in [1.165, 1.54) is 25.3 Å². The van der Waals surface area contributed by atoms with Gasteiger partial charge in [0.2, 0.25) is 5.91 Å². The first-order valence-corrected chi connectivity index (χ1v) is 10.3. The Morgan fingerprint density at radius 2 is 1.77 bits per heavy atom. The quantitative estimate of drug-likeness (QED) is 0.553. The van der Waals surface area contributed by atoms with E-state index >= 15 is 0 Å². The highest BCUT2D eigenvalue weighted by Gasteiger charge is 2.19. The van der Waals surface area contributed by atoms with Gasteiger partial charge in [0.05, 0.1) is 26.6 Å². The van der Waals surface area contributed by atoms with Crippen molar-refractivity contribution in [1.82, 2.24) is 5.32 Å². The molecule has 0 aliphatic carbocycles. The van der Waals surface area contributed by atoms with Crippen LogP contribution in [-0.2, 0) is 30.3 Å². The molecule has 0 aromatic heterocycles. The minimum Gasteiger partial charge on any atom is -0.469 e. The van der Waals surface area contributed by atoms with E-state index in [1.807, 2.05) is 12.1 Å². The van der Waals surface area contributed by atoms with Crippen LogP contribution in [0.4, 0.5) is 4.39 Å². The second-order valence-corrected chi connectivity index (χ2v) is 7.28. The Morgan fingerprint density at radius 1 is 1.06 bits per heavy atom. The molecular formula is C23H25ClFNO5. The molecule has 31 heavy (non-hydrogen) atoms. The molecule has 1 amide bonds. The lowest BCUT2D eigenvalue weighted by molar-refractivity contribution is -0.144. The average Bonchev–Trinajstić information content (AvgIpc) is 2.74. The predicted octanol–water partition coefficient (Wildman–Crippen LogP) is 4.08. The van der Waals surface area contributed by atoms with Crippen LogP contribution in [0.15, 0.2) is 42.5 Å². The van der Waals surface area contributed by atoms with E-state index in [9.17, 15) is 18.8 Å². The molecule has 0 saturated carbocycles. The van der Waals surface area contributed by atoms with Gasteiger partial charge >= 0.3 is 11.9 Å². The minimum atomic E-state index is -0.507. The van der Waals surface area contributed by atoms with Gasteiger partial charge in [0, 0.05) is 23.0 Å². The van der Waals surface area contributed by atoms with Crippen molar-refractivity contribution in [3.8, 4) is 11.1 Å². The van der Waals surface area contributed by atoms with Gasteiger partial charge in [0.1, 0.15) is 5.82 Å². The summed E-state index contributed by atoms with van der Waals surface area (Å²) < 4.78 is 23.1. The summed E-state index contributed by atoms with van der Waals surface area (Å²) >= 11 is 6.16. The molecule has 0 unspecified atom stereocenters. The predicted molar refractivity (Wildman–Crippen MR) is 115 cm³/mol. The lowest BCUT2D eigenvalue weighted by Crippen LogP contribution is -2.38. The van der Waals surface area contributed by atoms with Crippen LogP contribution in [-0.4, -0.2) is 37.6 Å². The van der Waals surface area contributed by atoms with E-state index in [0.717, 1.165) is 11.1 Å². The molecule has 0 saturated heterocycles. The molecule has 1 atom stereocenters. The van der Waals surface area contributed by atoms with Crippen molar-refractivity contribution >= 4 is 29.4 Å². The third-order valence-electron chi connectivity index (χ3n) is 4.54. The largest absolute Gasteiger partial charge is 0.469 e. The van der Waals surface area contributed by atoms with Crippen molar-refractivity contribution < 1.29 is 28.2 Å². The number of nitrogens with one attached hydrogen (secondary N) is 1. The van der Waals surface area contributed by atoms with E-state index in [0.29, 0.717) is 17.0 Å². The Morgan fingerprint density at radius 3 is 2.42 bits per heavy atom. The number of carbonyl (C=O) groups is 3. The molecule has 166 valence electrons. The highest BCUT2D eigenvalue weighted by atomic mass is 35.5. The van der Waals surface area contributed by atoms with Gasteiger partial charge in [-0.15, -0.1) is 0 Å². The van der Waals surface area contributed by atoms with Crippen LogP contribution in [0.3, 0.4) is 0 Å². The molecule has 0 bridgehead atoms. The van der Waals surface area contributed by atoms with Crippen LogP contribution >= 0.6 is 11.6 Å². The van der Waals surface area contributed by atoms with E-state index < -0.39 is 18.0 Å². The lowest BCUT2D eigenvalue weighted by atomic mass is 9.99. The number of rotatable bonds is 10. The van der Waals surface area contributed by atoms with Crippen LogP contribution in [0, 0.1) is 5.82 Å². The lowest BCUT2D eigenvalue weighted by Gasteiger charge is -2.18. The monoisotopic (exact) mass is 449 g/mol. The summed E-state index contributed by atoms with van der Waals surface area (Å²) in [6.07, 6.45) is 0.287. The summed E-state index contributed by atoms with van der Waals surface area (Å²) in [5.74, 6) is -1.65. The molecule has 2 aromatic rings. The topological polar surface area (TPSA) is 81.7 Å².